The highest BCUT2D eigenvalue weighted by Gasteiger charge is 2.22. The minimum atomic E-state index is -0.550. The topological polar surface area (TPSA) is 70.7 Å². The lowest BCUT2D eigenvalue weighted by molar-refractivity contribution is -0.139. The largest absolute Gasteiger partial charge is 0.371 e. The summed E-state index contributed by atoms with van der Waals surface area (Å²) in [6.45, 7) is 3.99. The van der Waals surface area contributed by atoms with Gasteiger partial charge in [0.2, 0.25) is 0 Å². The van der Waals surface area contributed by atoms with Gasteiger partial charge >= 0.3 is 11.8 Å². The van der Waals surface area contributed by atoms with Gasteiger partial charge in [-0.3, -0.25) is 14.5 Å². The predicted molar refractivity (Wildman–Crippen MR) is 109 cm³/mol. The van der Waals surface area contributed by atoms with Crippen molar-refractivity contribution in [2.45, 2.75) is 38.2 Å². The number of allylic oxidation sites excluding steroid dienone is 1. The van der Waals surface area contributed by atoms with Crippen LogP contribution < -0.4 is 10.6 Å². The molecule has 0 spiro atoms. The summed E-state index contributed by atoms with van der Waals surface area (Å²) in [6.07, 6.45) is 7.90. The Balaban J connectivity index is 1.32. The van der Waals surface area contributed by atoms with Gasteiger partial charge in [0.25, 0.3) is 0 Å². The first-order chi connectivity index (χ1) is 13.7. The second-order valence-corrected chi connectivity index (χ2v) is 7.44. The minimum absolute atomic E-state index is 0.0584. The molecular formula is C22H31N3O3. The van der Waals surface area contributed by atoms with E-state index in [2.05, 4.69) is 33.7 Å². The van der Waals surface area contributed by atoms with Gasteiger partial charge in [-0.25, -0.2) is 0 Å². The van der Waals surface area contributed by atoms with E-state index in [1.165, 1.54) is 24.0 Å². The van der Waals surface area contributed by atoms with Crippen LogP contribution in [-0.4, -0.2) is 56.0 Å². The molecule has 1 fully saturated rings. The summed E-state index contributed by atoms with van der Waals surface area (Å²) in [5.41, 5.74) is 2.57. The molecule has 152 valence electrons. The summed E-state index contributed by atoms with van der Waals surface area (Å²) in [7, 11) is 0. The second-order valence-electron chi connectivity index (χ2n) is 7.44. The normalized spacial score (nSPS) is 20.3. The van der Waals surface area contributed by atoms with E-state index in [4.69, 9.17) is 4.74 Å². The fraction of sp³-hybridized carbons (Fsp3) is 0.545. The van der Waals surface area contributed by atoms with Crippen molar-refractivity contribution in [3.05, 3.63) is 47.5 Å². The quantitative estimate of drug-likeness (QED) is 0.558. The van der Waals surface area contributed by atoms with Gasteiger partial charge < -0.3 is 15.4 Å². The Bertz CT molecular complexity index is 675. The van der Waals surface area contributed by atoms with Gasteiger partial charge in [0, 0.05) is 32.7 Å². The number of hydrogen-bond acceptors (Lipinski definition) is 4. The van der Waals surface area contributed by atoms with Crippen LogP contribution in [0.5, 0.6) is 0 Å². The number of nitrogens with one attached hydrogen (secondary N) is 2. The van der Waals surface area contributed by atoms with Gasteiger partial charge in [0.15, 0.2) is 0 Å². The van der Waals surface area contributed by atoms with Crippen LogP contribution in [0.1, 0.15) is 43.8 Å². The Morgan fingerprint density at radius 3 is 2.61 bits per heavy atom. The highest BCUT2D eigenvalue weighted by molar-refractivity contribution is 6.35. The van der Waals surface area contributed by atoms with Gasteiger partial charge in [0.05, 0.1) is 12.7 Å². The van der Waals surface area contributed by atoms with E-state index in [1.54, 1.807) is 0 Å². The monoisotopic (exact) mass is 385 g/mol. The second kappa shape index (κ2) is 11.0. The number of benzene rings is 1. The van der Waals surface area contributed by atoms with E-state index in [0.717, 1.165) is 32.4 Å². The van der Waals surface area contributed by atoms with Crippen molar-refractivity contribution in [3.8, 4) is 0 Å². The highest BCUT2D eigenvalue weighted by Crippen LogP contribution is 2.21. The zero-order valence-electron chi connectivity index (χ0n) is 16.5. The zero-order chi connectivity index (χ0) is 19.6. The minimum Gasteiger partial charge on any atom is -0.371 e. The maximum absolute atomic E-state index is 12.0. The molecule has 0 radical (unpaired) electrons. The molecule has 6 nitrogen and oxygen atoms in total. The van der Waals surface area contributed by atoms with Crippen LogP contribution in [0.3, 0.4) is 0 Å². The molecule has 1 aromatic carbocycles. The molecule has 0 bridgehead atoms. The molecule has 2 aliphatic rings. The van der Waals surface area contributed by atoms with E-state index >= 15 is 0 Å². The number of carbonyl (C=O) groups is 2. The van der Waals surface area contributed by atoms with E-state index in [0.29, 0.717) is 26.2 Å². The molecule has 1 aromatic rings. The molecule has 3 rings (SSSR count). The molecule has 28 heavy (non-hydrogen) atoms. The molecule has 1 unspecified atom stereocenters. The van der Waals surface area contributed by atoms with Crippen LogP contribution in [-0.2, 0) is 14.3 Å². The Morgan fingerprint density at radius 1 is 1.07 bits per heavy atom. The Labute approximate surface area is 167 Å². The number of nitrogens with zero attached hydrogens (tertiary/aromatic N) is 1. The molecule has 2 amide bonds. The summed E-state index contributed by atoms with van der Waals surface area (Å²) in [5, 5.41) is 5.45. The fourth-order valence-electron chi connectivity index (χ4n) is 3.73. The number of amides is 2. The van der Waals surface area contributed by atoms with Crippen molar-refractivity contribution in [3.63, 3.8) is 0 Å². The first kappa shape index (κ1) is 20.6. The van der Waals surface area contributed by atoms with Gasteiger partial charge in [-0.1, -0.05) is 42.0 Å². The third kappa shape index (κ3) is 6.46. The molecule has 1 heterocycles. The van der Waals surface area contributed by atoms with Crippen LogP contribution >= 0.6 is 0 Å². The van der Waals surface area contributed by atoms with Crippen LogP contribution in [0.25, 0.3) is 0 Å². The SMILES string of the molecule is O=C(NCCC1=CCCCC1)C(=O)NCCN1CCOC(c2ccccc2)C1. The maximum Gasteiger partial charge on any atom is 0.309 e. The van der Waals surface area contributed by atoms with E-state index < -0.39 is 11.8 Å². The third-order valence-electron chi connectivity index (χ3n) is 5.36. The van der Waals surface area contributed by atoms with Gasteiger partial charge in [0.1, 0.15) is 0 Å². The molecule has 6 heteroatoms. The maximum atomic E-state index is 12.0. The molecule has 1 aliphatic heterocycles. The summed E-state index contributed by atoms with van der Waals surface area (Å²) >= 11 is 0. The van der Waals surface area contributed by atoms with Gasteiger partial charge in [-0.2, -0.15) is 0 Å². The van der Waals surface area contributed by atoms with Crippen molar-refractivity contribution < 1.29 is 14.3 Å². The smallest absolute Gasteiger partial charge is 0.309 e. The average molecular weight is 386 g/mol. The van der Waals surface area contributed by atoms with Crippen LogP contribution in [0, 0.1) is 0 Å². The number of hydrogen-bond donors (Lipinski definition) is 2. The lowest BCUT2D eigenvalue weighted by Crippen LogP contribution is -2.45. The number of morpholine rings is 1. The molecular weight excluding hydrogens is 354 g/mol. The Hall–Kier alpha value is -2.18. The molecule has 2 N–H and O–H groups in total. The lowest BCUT2D eigenvalue weighted by Gasteiger charge is -2.33. The first-order valence-electron chi connectivity index (χ1n) is 10.4. The van der Waals surface area contributed by atoms with E-state index in [1.807, 2.05) is 18.2 Å². The summed E-state index contributed by atoms with van der Waals surface area (Å²) < 4.78 is 5.86. The van der Waals surface area contributed by atoms with Crippen LogP contribution in [0.2, 0.25) is 0 Å². The van der Waals surface area contributed by atoms with E-state index in [-0.39, 0.29) is 6.10 Å². The Morgan fingerprint density at radius 2 is 1.86 bits per heavy atom. The summed E-state index contributed by atoms with van der Waals surface area (Å²) in [6, 6.07) is 10.2. The van der Waals surface area contributed by atoms with Gasteiger partial charge in [-0.15, -0.1) is 0 Å². The van der Waals surface area contributed by atoms with Crippen molar-refractivity contribution >= 4 is 11.8 Å². The van der Waals surface area contributed by atoms with Crippen molar-refractivity contribution in [1.29, 1.82) is 0 Å². The lowest BCUT2D eigenvalue weighted by atomic mass is 9.97. The fourth-order valence-corrected chi connectivity index (χ4v) is 3.73. The third-order valence-corrected chi connectivity index (χ3v) is 5.36. The predicted octanol–water partition coefficient (Wildman–Crippen LogP) is 2.18. The van der Waals surface area contributed by atoms with Crippen LogP contribution in [0.4, 0.5) is 0 Å². The number of ether oxygens (including phenoxy) is 1. The molecule has 1 saturated heterocycles. The molecule has 0 saturated carbocycles. The zero-order valence-corrected chi connectivity index (χ0v) is 16.5. The number of rotatable bonds is 7. The van der Waals surface area contributed by atoms with Crippen molar-refractivity contribution in [2.24, 2.45) is 0 Å². The molecule has 1 atom stereocenters. The van der Waals surface area contributed by atoms with Gasteiger partial charge in [-0.05, 0) is 37.7 Å². The van der Waals surface area contributed by atoms with Crippen molar-refractivity contribution in [1.82, 2.24) is 15.5 Å². The summed E-state index contributed by atoms with van der Waals surface area (Å²) in [5.74, 6) is -1.09. The van der Waals surface area contributed by atoms with Crippen molar-refractivity contribution in [2.75, 3.05) is 39.3 Å². The average Bonchev–Trinajstić information content (AvgIpc) is 2.75. The number of carbonyl (C=O) groups excluding carboxylic acids is 2. The first-order valence-corrected chi connectivity index (χ1v) is 10.4. The summed E-state index contributed by atoms with van der Waals surface area (Å²) in [4.78, 5) is 26.2. The standard InChI is InChI=1S/C22H31N3O3/c26-21(23-12-11-18-7-3-1-4-8-18)22(27)24-13-14-25-15-16-28-20(17-25)19-9-5-2-6-10-19/h2,5-7,9-10,20H,1,3-4,8,11-17H2,(H,23,26)(H,24,27). The van der Waals surface area contributed by atoms with E-state index in [9.17, 15) is 9.59 Å². The molecule has 1 aliphatic carbocycles. The molecule has 0 aromatic heterocycles. The Kier molecular flexibility index (Phi) is 8.06. The highest BCUT2D eigenvalue weighted by atomic mass is 16.5. The van der Waals surface area contributed by atoms with Crippen LogP contribution in [0.15, 0.2) is 42.0 Å².